The van der Waals surface area contributed by atoms with Gasteiger partial charge in [0.05, 0.1) is 29.4 Å². The summed E-state index contributed by atoms with van der Waals surface area (Å²) in [5.41, 5.74) is 4.71. The van der Waals surface area contributed by atoms with Crippen LogP contribution in [0.5, 0.6) is 5.75 Å². The van der Waals surface area contributed by atoms with Crippen LogP contribution in [0.3, 0.4) is 0 Å². The van der Waals surface area contributed by atoms with Gasteiger partial charge in [0.15, 0.2) is 8.32 Å². The fraction of sp³-hybridized carbons (Fsp3) is 0.436. The number of rotatable bonds is 14. The average molecular weight is 722 g/mol. The molecule has 0 spiro atoms. The van der Waals surface area contributed by atoms with Crippen LogP contribution in [-0.2, 0) is 29.1 Å². The molecule has 2 aromatic heterocycles. The summed E-state index contributed by atoms with van der Waals surface area (Å²) in [6.07, 6.45) is 1.25. The first-order valence-corrected chi connectivity index (χ1v) is 20.7. The maximum absolute atomic E-state index is 13.8. The van der Waals surface area contributed by atoms with Gasteiger partial charge in [0.1, 0.15) is 23.4 Å². The fourth-order valence-electron chi connectivity index (χ4n) is 6.23. The number of fused-ring (bicyclic) bond motifs is 2. The van der Waals surface area contributed by atoms with Crippen molar-refractivity contribution in [3.63, 3.8) is 0 Å². The Labute approximate surface area is 300 Å². The maximum atomic E-state index is 13.8. The van der Waals surface area contributed by atoms with Crippen LogP contribution < -0.4 is 4.74 Å². The molecule has 5 rings (SSSR count). The Morgan fingerprint density at radius 1 is 1.08 bits per heavy atom. The minimum atomic E-state index is -2.01. The summed E-state index contributed by atoms with van der Waals surface area (Å²) < 4.78 is 33.6. The second-order valence-corrected chi connectivity index (χ2v) is 19.4. The number of aromatic amines is 1. The third-order valence-electron chi connectivity index (χ3n) is 9.90. The Morgan fingerprint density at radius 2 is 1.82 bits per heavy atom. The quantitative estimate of drug-likeness (QED) is 0.0673. The molecule has 50 heavy (non-hydrogen) atoms. The molecule has 0 fully saturated rings. The van der Waals surface area contributed by atoms with Crippen molar-refractivity contribution in [2.24, 2.45) is 7.05 Å². The molecule has 2 heterocycles. The van der Waals surface area contributed by atoms with Crippen molar-refractivity contribution in [2.75, 3.05) is 19.8 Å². The molecule has 11 heteroatoms. The van der Waals surface area contributed by atoms with Crippen LogP contribution in [0, 0.1) is 5.82 Å². The van der Waals surface area contributed by atoms with Gasteiger partial charge in [0, 0.05) is 47.7 Å². The number of benzene rings is 3. The molecule has 0 radical (unpaired) electrons. The lowest BCUT2D eigenvalue weighted by Crippen LogP contribution is -2.41. The third-order valence-corrected chi connectivity index (χ3v) is 14.7. The highest BCUT2D eigenvalue weighted by Crippen LogP contribution is 2.43. The molecule has 1 unspecified atom stereocenters. The third kappa shape index (κ3) is 7.63. The zero-order valence-corrected chi connectivity index (χ0v) is 32.1. The Kier molecular flexibility index (Phi) is 11.5. The number of halogens is 2. The molecule has 0 saturated heterocycles. The van der Waals surface area contributed by atoms with E-state index in [0.717, 1.165) is 33.0 Å². The first-order valence-electron chi connectivity index (χ1n) is 17.4. The van der Waals surface area contributed by atoms with Crippen LogP contribution >= 0.6 is 11.6 Å². The number of nitrogens with one attached hydrogen (secondary N) is 1. The molecule has 3 aromatic carbocycles. The minimum Gasteiger partial charge on any atom is -0.493 e. The molecule has 268 valence electrons. The van der Waals surface area contributed by atoms with Crippen LogP contribution in [-0.4, -0.2) is 54.0 Å². The lowest BCUT2D eigenvalue weighted by molar-refractivity contribution is 0.0519. The summed E-state index contributed by atoms with van der Waals surface area (Å²) >= 11 is 7.00. The van der Waals surface area contributed by atoms with Crippen molar-refractivity contribution in [3.8, 4) is 16.9 Å². The average Bonchev–Trinajstić information content (AvgIpc) is 3.59. The van der Waals surface area contributed by atoms with E-state index in [9.17, 15) is 14.3 Å². The monoisotopic (exact) mass is 721 g/mol. The summed E-state index contributed by atoms with van der Waals surface area (Å²) in [4.78, 5) is 16.7. The molecular weight excluding hydrogens is 673 g/mol. The van der Waals surface area contributed by atoms with Gasteiger partial charge in [-0.15, -0.1) is 0 Å². The zero-order valence-electron chi connectivity index (χ0n) is 30.4. The Hall–Kier alpha value is -3.70. The van der Waals surface area contributed by atoms with Crippen molar-refractivity contribution in [3.05, 3.63) is 82.0 Å². The van der Waals surface area contributed by atoms with Crippen LogP contribution in [0.1, 0.15) is 81.0 Å². The van der Waals surface area contributed by atoms with Gasteiger partial charge in [-0.2, -0.15) is 5.10 Å². The number of aliphatic hydroxyl groups excluding tert-OH is 1. The highest BCUT2D eigenvalue weighted by molar-refractivity contribution is 6.74. The van der Waals surface area contributed by atoms with Crippen LogP contribution in [0.4, 0.5) is 4.39 Å². The van der Waals surface area contributed by atoms with Crippen molar-refractivity contribution in [1.82, 2.24) is 14.8 Å². The molecule has 0 saturated carbocycles. The van der Waals surface area contributed by atoms with Crippen LogP contribution in [0.15, 0.2) is 48.5 Å². The minimum absolute atomic E-state index is 0.0529. The number of nitrogens with zero attached hydrogens (tertiary/aromatic N) is 2. The number of H-pyrrole nitrogens is 1. The standard InChI is InChI=1S/C39H49ClFN3O5Si/c1-9-30-34(37(43-44(30)6)31(45)20-22-49-50(7,8)39(3,4)5)33-29(40)19-18-28-27(36(42-35(28)33)38(46)47-10-2)14-12-21-48-32-15-11-13-24-23-25(41)16-17-26(24)32/h11,13,15-19,23,31,42,45H,9-10,12,14,20-22H2,1-8H3. The lowest BCUT2D eigenvalue weighted by atomic mass is 9.95. The molecule has 0 aliphatic heterocycles. The molecule has 1 atom stereocenters. The highest BCUT2D eigenvalue weighted by Gasteiger charge is 2.37. The largest absolute Gasteiger partial charge is 0.493 e. The zero-order chi connectivity index (χ0) is 36.4. The smallest absolute Gasteiger partial charge is 0.355 e. The summed E-state index contributed by atoms with van der Waals surface area (Å²) in [7, 11) is -0.136. The van der Waals surface area contributed by atoms with Crippen LogP contribution in [0.2, 0.25) is 23.2 Å². The number of carbonyl (C=O) groups excluding carboxylic acids is 1. The second kappa shape index (κ2) is 15.3. The van der Waals surface area contributed by atoms with E-state index >= 15 is 0 Å². The number of esters is 1. The van der Waals surface area contributed by atoms with Gasteiger partial charge < -0.3 is 24.0 Å². The van der Waals surface area contributed by atoms with Gasteiger partial charge in [-0.05, 0) is 85.6 Å². The number of aryl methyl sites for hydroxylation is 2. The van der Waals surface area contributed by atoms with E-state index in [1.165, 1.54) is 12.1 Å². The van der Waals surface area contributed by atoms with E-state index in [0.29, 0.717) is 72.1 Å². The number of hydrogen-bond acceptors (Lipinski definition) is 6. The number of ether oxygens (including phenoxy) is 2. The van der Waals surface area contributed by atoms with Crippen molar-refractivity contribution < 1.29 is 28.2 Å². The molecule has 5 aromatic rings. The summed E-state index contributed by atoms with van der Waals surface area (Å²) in [6, 6.07) is 14.0. The second-order valence-electron chi connectivity index (χ2n) is 14.2. The van der Waals surface area contributed by atoms with Gasteiger partial charge in [-0.3, -0.25) is 4.68 Å². The predicted molar refractivity (Wildman–Crippen MR) is 201 cm³/mol. The maximum Gasteiger partial charge on any atom is 0.355 e. The van der Waals surface area contributed by atoms with Crippen molar-refractivity contribution >= 4 is 47.6 Å². The number of aromatic nitrogens is 3. The lowest BCUT2D eigenvalue weighted by Gasteiger charge is -2.36. The number of hydrogen-bond donors (Lipinski definition) is 2. The Bertz CT molecular complexity index is 2000. The molecular formula is C39H49ClFN3O5Si. The molecule has 0 bridgehead atoms. The van der Waals surface area contributed by atoms with E-state index in [-0.39, 0.29) is 17.5 Å². The number of carbonyl (C=O) groups is 1. The summed E-state index contributed by atoms with van der Waals surface area (Å²) in [6.45, 7) is 15.8. The molecule has 0 amide bonds. The first-order chi connectivity index (χ1) is 23.7. The summed E-state index contributed by atoms with van der Waals surface area (Å²) in [5.74, 6) is -0.0807. The fourth-order valence-corrected chi connectivity index (χ4v) is 7.54. The molecule has 0 aliphatic rings. The van der Waals surface area contributed by atoms with E-state index in [1.54, 1.807) is 17.7 Å². The van der Waals surface area contributed by atoms with Gasteiger partial charge in [0.2, 0.25) is 0 Å². The van der Waals surface area contributed by atoms with Gasteiger partial charge in [0.25, 0.3) is 0 Å². The van der Waals surface area contributed by atoms with Gasteiger partial charge in [-0.1, -0.05) is 57.5 Å². The van der Waals surface area contributed by atoms with Crippen molar-refractivity contribution in [1.29, 1.82) is 0 Å². The number of aliphatic hydroxyl groups is 1. The van der Waals surface area contributed by atoms with Gasteiger partial charge in [-0.25, -0.2) is 9.18 Å². The predicted octanol–water partition coefficient (Wildman–Crippen LogP) is 9.71. The Balaban J connectivity index is 1.49. The van der Waals surface area contributed by atoms with Gasteiger partial charge >= 0.3 is 5.97 Å². The molecule has 0 aliphatic carbocycles. The van der Waals surface area contributed by atoms with Crippen LogP contribution in [0.25, 0.3) is 32.8 Å². The van der Waals surface area contributed by atoms with Crippen molar-refractivity contribution in [2.45, 2.75) is 84.5 Å². The summed E-state index contributed by atoms with van der Waals surface area (Å²) in [5, 5.41) is 19.4. The normalized spacial score (nSPS) is 12.9. The van der Waals surface area contributed by atoms with E-state index < -0.39 is 20.4 Å². The molecule has 8 nitrogen and oxygen atoms in total. The topological polar surface area (TPSA) is 98.6 Å². The van der Waals surface area contributed by atoms with E-state index in [1.807, 2.05) is 44.3 Å². The van der Waals surface area contributed by atoms with E-state index in [4.69, 9.17) is 30.6 Å². The SMILES string of the molecule is CCOC(=O)c1[nH]c2c(-c3c(C(O)CCO[Si](C)(C)C(C)(C)C)nn(C)c3CC)c(Cl)ccc2c1CCCOc1cccc2cc(F)ccc12. The Morgan fingerprint density at radius 3 is 2.52 bits per heavy atom. The highest BCUT2D eigenvalue weighted by atomic mass is 35.5. The first kappa shape index (κ1) is 37.5. The van der Waals surface area contributed by atoms with E-state index in [2.05, 4.69) is 38.8 Å². The molecule has 2 N–H and O–H groups in total.